The summed E-state index contributed by atoms with van der Waals surface area (Å²) in [5.74, 6) is 0.792. The molecule has 0 saturated carbocycles. The standard InChI is InChI=1S/2C9H12O/c1-6-4-8(3)9(10)5-7(6)2;1-6-4-7(2)8(3)9(10)5-6/h2*4-5,10H,1-3H3. The Balaban J connectivity index is 0.000000200. The first-order valence-corrected chi connectivity index (χ1v) is 6.76. The maximum absolute atomic E-state index is 9.28. The fourth-order valence-corrected chi connectivity index (χ4v) is 1.96. The van der Waals surface area contributed by atoms with Gasteiger partial charge in [-0.25, -0.2) is 0 Å². The van der Waals surface area contributed by atoms with Gasteiger partial charge in [-0.15, -0.1) is 0 Å². The number of rotatable bonds is 0. The van der Waals surface area contributed by atoms with Crippen LogP contribution < -0.4 is 0 Å². The maximum Gasteiger partial charge on any atom is 0.119 e. The predicted molar refractivity (Wildman–Crippen MR) is 84.6 cm³/mol. The molecular weight excluding hydrogens is 248 g/mol. The Labute approximate surface area is 121 Å². The molecular formula is C18H24O2. The first-order chi connectivity index (χ1) is 9.22. The molecule has 0 aliphatic rings. The van der Waals surface area contributed by atoms with E-state index in [-0.39, 0.29) is 0 Å². The SMILES string of the molecule is Cc1cc(C)c(C)c(O)c1.Cc1cc(C)c(O)cc1C. The molecule has 0 atom stereocenters. The first kappa shape index (κ1) is 16.1. The fourth-order valence-electron chi connectivity index (χ4n) is 1.96. The second kappa shape index (κ2) is 6.47. The topological polar surface area (TPSA) is 40.5 Å². The Morgan fingerprint density at radius 3 is 1.60 bits per heavy atom. The predicted octanol–water partition coefficient (Wildman–Crippen LogP) is 4.63. The minimum Gasteiger partial charge on any atom is -0.508 e. The van der Waals surface area contributed by atoms with Gasteiger partial charge in [0.2, 0.25) is 0 Å². The normalized spacial score (nSPS) is 9.90. The van der Waals surface area contributed by atoms with E-state index in [0.717, 1.165) is 27.8 Å². The molecule has 2 N–H and O–H groups in total. The van der Waals surface area contributed by atoms with Gasteiger partial charge in [-0.2, -0.15) is 0 Å². The average molecular weight is 272 g/mol. The minimum absolute atomic E-state index is 0.392. The van der Waals surface area contributed by atoms with E-state index in [1.54, 1.807) is 12.1 Å². The summed E-state index contributed by atoms with van der Waals surface area (Å²) in [6, 6.07) is 7.63. The quantitative estimate of drug-likeness (QED) is 0.733. The summed E-state index contributed by atoms with van der Waals surface area (Å²) in [6.45, 7) is 11.8. The summed E-state index contributed by atoms with van der Waals surface area (Å²) < 4.78 is 0. The van der Waals surface area contributed by atoms with Crippen LogP contribution >= 0.6 is 0 Å². The van der Waals surface area contributed by atoms with Gasteiger partial charge in [0.25, 0.3) is 0 Å². The third-order valence-corrected chi connectivity index (χ3v) is 3.60. The number of benzene rings is 2. The molecule has 108 valence electrons. The molecule has 0 heterocycles. The van der Waals surface area contributed by atoms with Gasteiger partial charge >= 0.3 is 0 Å². The zero-order valence-electron chi connectivity index (χ0n) is 13.2. The molecule has 0 amide bonds. The molecule has 0 aromatic heterocycles. The Morgan fingerprint density at radius 1 is 0.550 bits per heavy atom. The van der Waals surface area contributed by atoms with Gasteiger partial charge < -0.3 is 10.2 Å². The van der Waals surface area contributed by atoms with Gasteiger partial charge in [-0.3, -0.25) is 0 Å². The molecule has 2 nitrogen and oxygen atoms in total. The van der Waals surface area contributed by atoms with Gasteiger partial charge in [-0.05, 0) is 87.1 Å². The zero-order valence-corrected chi connectivity index (χ0v) is 13.2. The van der Waals surface area contributed by atoms with Crippen LogP contribution in [-0.2, 0) is 0 Å². The summed E-state index contributed by atoms with van der Waals surface area (Å²) in [5, 5.41) is 18.5. The molecule has 0 aliphatic heterocycles. The molecule has 0 radical (unpaired) electrons. The average Bonchev–Trinajstić information content (AvgIpc) is 2.34. The van der Waals surface area contributed by atoms with Crippen LogP contribution in [0.25, 0.3) is 0 Å². The smallest absolute Gasteiger partial charge is 0.119 e. The molecule has 2 aromatic rings. The highest BCUT2D eigenvalue weighted by atomic mass is 16.3. The van der Waals surface area contributed by atoms with Crippen LogP contribution in [0.5, 0.6) is 11.5 Å². The van der Waals surface area contributed by atoms with Gasteiger partial charge in [0.15, 0.2) is 0 Å². The summed E-state index contributed by atoms with van der Waals surface area (Å²) in [6.07, 6.45) is 0. The van der Waals surface area contributed by atoms with Crippen molar-refractivity contribution in [1.82, 2.24) is 0 Å². The lowest BCUT2D eigenvalue weighted by Gasteiger charge is -2.03. The third-order valence-electron chi connectivity index (χ3n) is 3.60. The highest BCUT2D eigenvalue weighted by Gasteiger charge is 1.99. The Hall–Kier alpha value is -1.96. The number of aryl methyl sites for hydroxylation is 5. The van der Waals surface area contributed by atoms with E-state index in [0.29, 0.717) is 11.5 Å². The molecule has 2 heteroatoms. The molecule has 0 saturated heterocycles. The van der Waals surface area contributed by atoms with Crippen molar-refractivity contribution in [3.05, 3.63) is 57.6 Å². The van der Waals surface area contributed by atoms with E-state index in [9.17, 15) is 10.2 Å². The Morgan fingerprint density at radius 2 is 1.10 bits per heavy atom. The summed E-state index contributed by atoms with van der Waals surface area (Å²) in [7, 11) is 0. The molecule has 0 bridgehead atoms. The van der Waals surface area contributed by atoms with Crippen molar-refractivity contribution in [1.29, 1.82) is 0 Å². The lowest BCUT2D eigenvalue weighted by atomic mass is 10.1. The largest absolute Gasteiger partial charge is 0.508 e. The number of phenols is 2. The zero-order chi connectivity index (χ0) is 15.4. The van der Waals surface area contributed by atoms with E-state index >= 15 is 0 Å². The summed E-state index contributed by atoms with van der Waals surface area (Å²) in [4.78, 5) is 0. The van der Waals surface area contributed by atoms with Crippen molar-refractivity contribution in [2.24, 2.45) is 0 Å². The Bertz CT molecular complexity index is 540. The number of hydrogen-bond acceptors (Lipinski definition) is 2. The lowest BCUT2D eigenvalue weighted by Crippen LogP contribution is -1.82. The lowest BCUT2D eigenvalue weighted by molar-refractivity contribution is 0.469. The van der Waals surface area contributed by atoms with Gasteiger partial charge in [0.1, 0.15) is 11.5 Å². The maximum atomic E-state index is 9.28. The molecule has 2 rings (SSSR count). The molecule has 0 fully saturated rings. The minimum atomic E-state index is 0.392. The number of phenolic OH excluding ortho intramolecular Hbond substituents is 2. The van der Waals surface area contributed by atoms with E-state index in [1.807, 2.05) is 47.6 Å². The third kappa shape index (κ3) is 4.02. The van der Waals surface area contributed by atoms with Crippen LogP contribution in [0.3, 0.4) is 0 Å². The number of aromatic hydroxyl groups is 2. The van der Waals surface area contributed by atoms with Crippen LogP contribution in [0.1, 0.15) is 33.4 Å². The van der Waals surface area contributed by atoms with E-state index in [1.165, 1.54) is 5.56 Å². The van der Waals surface area contributed by atoms with Crippen molar-refractivity contribution < 1.29 is 10.2 Å². The number of hydrogen-bond donors (Lipinski definition) is 2. The molecule has 0 spiro atoms. The van der Waals surface area contributed by atoms with E-state index < -0.39 is 0 Å². The van der Waals surface area contributed by atoms with E-state index in [4.69, 9.17) is 0 Å². The van der Waals surface area contributed by atoms with Crippen molar-refractivity contribution in [2.45, 2.75) is 41.5 Å². The summed E-state index contributed by atoms with van der Waals surface area (Å²) in [5.41, 5.74) is 6.56. The Kier molecular flexibility index (Phi) is 5.20. The van der Waals surface area contributed by atoms with Gasteiger partial charge in [0.05, 0.1) is 0 Å². The second-order valence-electron chi connectivity index (χ2n) is 5.45. The van der Waals surface area contributed by atoms with Crippen molar-refractivity contribution in [3.8, 4) is 11.5 Å². The van der Waals surface area contributed by atoms with E-state index in [2.05, 4.69) is 6.07 Å². The highest BCUT2D eigenvalue weighted by molar-refractivity contribution is 5.41. The van der Waals surface area contributed by atoms with Crippen LogP contribution in [0.2, 0.25) is 0 Å². The molecule has 0 unspecified atom stereocenters. The van der Waals surface area contributed by atoms with Crippen molar-refractivity contribution in [3.63, 3.8) is 0 Å². The summed E-state index contributed by atoms with van der Waals surface area (Å²) >= 11 is 0. The van der Waals surface area contributed by atoms with Crippen molar-refractivity contribution >= 4 is 0 Å². The van der Waals surface area contributed by atoms with Gasteiger partial charge in [0, 0.05) is 0 Å². The monoisotopic (exact) mass is 272 g/mol. The highest BCUT2D eigenvalue weighted by Crippen LogP contribution is 2.21. The first-order valence-electron chi connectivity index (χ1n) is 6.76. The molecule has 0 aliphatic carbocycles. The van der Waals surface area contributed by atoms with Crippen LogP contribution in [0.4, 0.5) is 0 Å². The van der Waals surface area contributed by atoms with Crippen LogP contribution in [-0.4, -0.2) is 10.2 Å². The molecule has 20 heavy (non-hydrogen) atoms. The van der Waals surface area contributed by atoms with Crippen LogP contribution in [0.15, 0.2) is 24.3 Å². The fraction of sp³-hybridized carbons (Fsp3) is 0.333. The van der Waals surface area contributed by atoms with Gasteiger partial charge in [-0.1, -0.05) is 12.1 Å². The molecule has 2 aromatic carbocycles. The second-order valence-corrected chi connectivity index (χ2v) is 5.45. The van der Waals surface area contributed by atoms with Crippen LogP contribution in [0, 0.1) is 41.5 Å². The van der Waals surface area contributed by atoms with Crippen molar-refractivity contribution in [2.75, 3.05) is 0 Å².